The highest BCUT2D eigenvalue weighted by Gasteiger charge is 2.36. The Labute approximate surface area is 144 Å². The van der Waals surface area contributed by atoms with Crippen molar-refractivity contribution in [2.45, 2.75) is 38.7 Å². The molecule has 6 heteroatoms. The van der Waals surface area contributed by atoms with E-state index in [0.717, 1.165) is 53.2 Å². The first-order valence-corrected chi connectivity index (χ1v) is 9.31. The third-order valence-corrected chi connectivity index (χ3v) is 6.02. The Bertz CT molecular complexity index is 750. The fourth-order valence-corrected chi connectivity index (χ4v) is 4.20. The molecule has 4 rings (SSSR count). The Morgan fingerprint density at radius 2 is 2.26 bits per heavy atom. The number of aromatic nitrogens is 1. The summed E-state index contributed by atoms with van der Waals surface area (Å²) in [6.07, 6.45) is 4.22. The van der Waals surface area contributed by atoms with Crippen molar-refractivity contribution in [3.8, 4) is 0 Å². The van der Waals surface area contributed by atoms with Crippen LogP contribution in [0.2, 0.25) is 5.02 Å². The van der Waals surface area contributed by atoms with E-state index >= 15 is 0 Å². The average molecular weight is 351 g/mol. The van der Waals surface area contributed by atoms with Crippen LogP contribution in [0.25, 0.3) is 10.2 Å². The lowest BCUT2D eigenvalue weighted by molar-refractivity contribution is -0.120. The summed E-state index contributed by atoms with van der Waals surface area (Å²) >= 11 is 7.77. The number of amides is 1. The minimum absolute atomic E-state index is 0.134. The monoisotopic (exact) mass is 350 g/mol. The van der Waals surface area contributed by atoms with Crippen molar-refractivity contribution in [3.05, 3.63) is 22.7 Å². The quantitative estimate of drug-likeness (QED) is 0.830. The van der Waals surface area contributed by atoms with Crippen LogP contribution < -0.4 is 4.90 Å². The van der Waals surface area contributed by atoms with Gasteiger partial charge in [0.2, 0.25) is 5.91 Å². The first-order valence-electron chi connectivity index (χ1n) is 8.12. The fraction of sp³-hybridized carbons (Fsp3) is 0.529. The van der Waals surface area contributed by atoms with Crippen LogP contribution in [0.3, 0.4) is 0 Å². The van der Waals surface area contributed by atoms with Crippen LogP contribution in [0.1, 0.15) is 31.2 Å². The molecule has 1 saturated carbocycles. The number of rotatable bonds is 4. The first kappa shape index (κ1) is 15.4. The van der Waals surface area contributed by atoms with Gasteiger partial charge >= 0.3 is 0 Å². The number of thiazole rings is 1. The Hall–Kier alpha value is -1.17. The first-order chi connectivity index (χ1) is 11.1. The van der Waals surface area contributed by atoms with E-state index in [0.29, 0.717) is 11.6 Å². The SMILES string of the molecule is Cc1c(Cl)ccc2sc(N(CC3CCCO3)C(=O)C3CC3)nc12. The number of hydrogen-bond acceptors (Lipinski definition) is 4. The van der Waals surface area contributed by atoms with Crippen LogP contribution in [-0.2, 0) is 9.53 Å². The number of anilines is 1. The van der Waals surface area contributed by atoms with Gasteiger partial charge in [-0.25, -0.2) is 4.98 Å². The molecular weight excluding hydrogens is 332 g/mol. The highest BCUT2D eigenvalue weighted by molar-refractivity contribution is 7.22. The molecule has 0 radical (unpaired) electrons. The van der Waals surface area contributed by atoms with E-state index in [1.165, 1.54) is 0 Å². The molecule has 4 nitrogen and oxygen atoms in total. The predicted molar refractivity (Wildman–Crippen MR) is 93.4 cm³/mol. The standard InChI is InChI=1S/C17H19ClN2O2S/c1-10-13(18)6-7-14-15(10)19-17(23-14)20(16(21)11-4-5-11)9-12-3-2-8-22-12/h6-7,11-12H,2-5,8-9H2,1H3. The Morgan fingerprint density at radius 3 is 2.96 bits per heavy atom. The molecule has 23 heavy (non-hydrogen) atoms. The molecule has 1 aromatic heterocycles. The molecule has 122 valence electrons. The summed E-state index contributed by atoms with van der Waals surface area (Å²) in [7, 11) is 0. The van der Waals surface area contributed by atoms with Crippen molar-refractivity contribution < 1.29 is 9.53 Å². The second-order valence-corrected chi connectivity index (χ2v) is 7.79. The van der Waals surface area contributed by atoms with Crippen LogP contribution in [0.4, 0.5) is 5.13 Å². The van der Waals surface area contributed by atoms with Gasteiger partial charge < -0.3 is 4.74 Å². The second-order valence-electron chi connectivity index (χ2n) is 6.37. The van der Waals surface area contributed by atoms with Gasteiger partial charge in [-0.1, -0.05) is 22.9 Å². The van der Waals surface area contributed by atoms with Crippen molar-refractivity contribution in [2.75, 3.05) is 18.1 Å². The molecule has 2 fully saturated rings. The summed E-state index contributed by atoms with van der Waals surface area (Å²) in [5, 5.41) is 1.49. The fourth-order valence-electron chi connectivity index (χ4n) is 3.01. The molecule has 0 spiro atoms. The Kier molecular flexibility index (Phi) is 4.03. The summed E-state index contributed by atoms with van der Waals surface area (Å²) < 4.78 is 6.81. The molecule has 2 aromatic rings. The maximum absolute atomic E-state index is 12.7. The third-order valence-electron chi connectivity index (χ3n) is 4.57. The third kappa shape index (κ3) is 2.97. The van der Waals surface area contributed by atoms with Crippen molar-refractivity contribution in [3.63, 3.8) is 0 Å². The van der Waals surface area contributed by atoms with E-state index in [2.05, 4.69) is 0 Å². The number of ether oxygens (including phenoxy) is 1. The summed E-state index contributed by atoms with van der Waals surface area (Å²) in [5.41, 5.74) is 1.88. The highest BCUT2D eigenvalue weighted by atomic mass is 35.5. The number of carbonyl (C=O) groups excluding carboxylic acids is 1. The topological polar surface area (TPSA) is 42.4 Å². The molecule has 0 bridgehead atoms. The summed E-state index contributed by atoms with van der Waals surface area (Å²) in [5.74, 6) is 0.372. The van der Waals surface area contributed by atoms with Crippen LogP contribution >= 0.6 is 22.9 Å². The largest absolute Gasteiger partial charge is 0.376 e. The molecular formula is C17H19ClN2O2S. The van der Waals surface area contributed by atoms with Gasteiger partial charge in [0, 0.05) is 17.5 Å². The van der Waals surface area contributed by atoms with Gasteiger partial charge in [0.15, 0.2) is 5.13 Å². The second kappa shape index (κ2) is 6.04. The average Bonchev–Trinajstić information content (AvgIpc) is 3.09. The minimum Gasteiger partial charge on any atom is -0.376 e. The number of benzene rings is 1. The zero-order valence-corrected chi connectivity index (χ0v) is 14.6. The van der Waals surface area contributed by atoms with E-state index in [4.69, 9.17) is 21.3 Å². The molecule has 1 saturated heterocycles. The molecule has 1 unspecified atom stereocenters. The molecule has 2 aliphatic rings. The molecule has 1 atom stereocenters. The van der Waals surface area contributed by atoms with Crippen LogP contribution in [-0.4, -0.2) is 30.1 Å². The predicted octanol–water partition coefficient (Wildman–Crippen LogP) is 4.18. The van der Waals surface area contributed by atoms with Crippen molar-refractivity contribution >= 4 is 44.2 Å². The van der Waals surface area contributed by atoms with E-state index in [-0.39, 0.29) is 17.9 Å². The van der Waals surface area contributed by atoms with Gasteiger partial charge in [-0.2, -0.15) is 0 Å². The van der Waals surface area contributed by atoms with Gasteiger partial charge in [-0.15, -0.1) is 0 Å². The number of hydrogen-bond donors (Lipinski definition) is 0. The molecule has 1 amide bonds. The molecule has 1 aliphatic carbocycles. The minimum atomic E-state index is 0.134. The molecule has 2 heterocycles. The maximum Gasteiger partial charge on any atom is 0.231 e. The van der Waals surface area contributed by atoms with E-state index in [1.807, 2.05) is 24.0 Å². The normalized spacial score (nSPS) is 21.0. The van der Waals surface area contributed by atoms with E-state index in [9.17, 15) is 4.79 Å². The van der Waals surface area contributed by atoms with Gasteiger partial charge in [-0.05, 0) is 50.3 Å². The summed E-state index contributed by atoms with van der Waals surface area (Å²) in [6.45, 7) is 3.38. The highest BCUT2D eigenvalue weighted by Crippen LogP contribution is 2.37. The van der Waals surface area contributed by atoms with Gasteiger partial charge in [-0.3, -0.25) is 9.69 Å². The van der Waals surface area contributed by atoms with Gasteiger partial charge in [0.05, 0.1) is 22.9 Å². The molecule has 1 aromatic carbocycles. The van der Waals surface area contributed by atoms with Gasteiger partial charge in [0.1, 0.15) is 0 Å². The van der Waals surface area contributed by atoms with Crippen LogP contribution in [0.5, 0.6) is 0 Å². The molecule has 1 aliphatic heterocycles. The van der Waals surface area contributed by atoms with Crippen molar-refractivity contribution in [1.29, 1.82) is 0 Å². The lowest BCUT2D eigenvalue weighted by atomic mass is 10.2. The van der Waals surface area contributed by atoms with Crippen LogP contribution in [0, 0.1) is 12.8 Å². The Balaban J connectivity index is 1.69. The zero-order valence-electron chi connectivity index (χ0n) is 13.0. The van der Waals surface area contributed by atoms with E-state index < -0.39 is 0 Å². The maximum atomic E-state index is 12.7. The number of aryl methyl sites for hydroxylation is 1. The summed E-state index contributed by atoms with van der Waals surface area (Å²) in [6, 6.07) is 3.88. The van der Waals surface area contributed by atoms with Crippen LogP contribution in [0.15, 0.2) is 12.1 Å². The molecule has 0 N–H and O–H groups in total. The number of nitrogens with zero attached hydrogens (tertiary/aromatic N) is 2. The number of halogens is 1. The van der Waals surface area contributed by atoms with Crippen molar-refractivity contribution in [1.82, 2.24) is 4.98 Å². The van der Waals surface area contributed by atoms with Gasteiger partial charge in [0.25, 0.3) is 0 Å². The zero-order chi connectivity index (χ0) is 16.0. The number of fused-ring (bicyclic) bond motifs is 1. The number of carbonyl (C=O) groups is 1. The van der Waals surface area contributed by atoms with E-state index in [1.54, 1.807) is 11.3 Å². The Morgan fingerprint density at radius 1 is 1.43 bits per heavy atom. The lowest BCUT2D eigenvalue weighted by Gasteiger charge is -2.23. The smallest absolute Gasteiger partial charge is 0.231 e. The summed E-state index contributed by atoms with van der Waals surface area (Å²) in [4.78, 5) is 19.3. The van der Waals surface area contributed by atoms with Crippen molar-refractivity contribution in [2.24, 2.45) is 5.92 Å². The lowest BCUT2D eigenvalue weighted by Crippen LogP contribution is -2.38.